The first kappa shape index (κ1) is 20.5. The number of nitriles is 1. The highest BCUT2D eigenvalue weighted by Gasteiger charge is 2.39. The van der Waals surface area contributed by atoms with Crippen molar-refractivity contribution in [2.45, 2.75) is 32.2 Å². The molecule has 1 aliphatic heterocycles. The highest BCUT2D eigenvalue weighted by atomic mass is 16.5. The zero-order chi connectivity index (χ0) is 23.2. The van der Waals surface area contributed by atoms with E-state index in [1.54, 1.807) is 18.7 Å². The number of aromatic nitrogens is 5. The van der Waals surface area contributed by atoms with E-state index in [0.717, 1.165) is 16.8 Å². The van der Waals surface area contributed by atoms with Gasteiger partial charge in [-0.3, -0.25) is 4.98 Å². The molecule has 5 rings (SSSR count). The van der Waals surface area contributed by atoms with Crippen LogP contribution in [0.5, 0.6) is 5.88 Å². The topological polar surface area (TPSA) is 108 Å². The van der Waals surface area contributed by atoms with Gasteiger partial charge in [-0.05, 0) is 50.6 Å². The molecule has 0 aliphatic carbocycles. The Morgan fingerprint density at radius 1 is 1.09 bits per heavy atom. The van der Waals surface area contributed by atoms with Crippen molar-refractivity contribution in [2.24, 2.45) is 5.73 Å². The molecule has 8 heteroatoms. The smallest absolute Gasteiger partial charge is 0.225 e. The fourth-order valence-electron chi connectivity index (χ4n) is 4.07. The number of hydrogen-bond acceptors (Lipinski definition) is 6. The van der Waals surface area contributed by atoms with E-state index in [-0.39, 0.29) is 11.4 Å². The summed E-state index contributed by atoms with van der Waals surface area (Å²) < 4.78 is 9.77. The van der Waals surface area contributed by atoms with Crippen LogP contribution in [-0.4, -0.2) is 24.3 Å². The minimum absolute atomic E-state index is 0.0895. The Bertz CT molecular complexity index is 1370. The molecular weight excluding hydrogens is 414 g/mol. The minimum Gasteiger partial charge on any atom is -0.422 e. The number of nitrogens with two attached hydrogens (primary N) is 1. The van der Waals surface area contributed by atoms with Crippen molar-refractivity contribution in [1.29, 1.82) is 5.26 Å². The molecule has 0 spiro atoms. The summed E-state index contributed by atoms with van der Waals surface area (Å²) in [6.45, 7) is 6.13. The first-order chi connectivity index (χ1) is 15.9. The van der Waals surface area contributed by atoms with Gasteiger partial charge in [0.15, 0.2) is 0 Å². The van der Waals surface area contributed by atoms with Gasteiger partial charge in [-0.1, -0.05) is 18.2 Å². The quantitative estimate of drug-likeness (QED) is 0.517. The Balaban J connectivity index is 1.74. The molecule has 0 saturated heterocycles. The molecule has 2 N–H and O–H groups in total. The van der Waals surface area contributed by atoms with E-state index in [1.165, 1.54) is 0 Å². The predicted octanol–water partition coefficient (Wildman–Crippen LogP) is 4.10. The second-order valence-electron chi connectivity index (χ2n) is 8.85. The summed E-state index contributed by atoms with van der Waals surface area (Å²) in [4.78, 5) is 8.63. The van der Waals surface area contributed by atoms with Crippen molar-refractivity contribution >= 4 is 0 Å². The monoisotopic (exact) mass is 437 g/mol. The molecule has 1 aliphatic rings. The van der Waals surface area contributed by atoms with Crippen molar-refractivity contribution < 1.29 is 4.74 Å². The van der Waals surface area contributed by atoms with Gasteiger partial charge >= 0.3 is 0 Å². The second-order valence-corrected chi connectivity index (χ2v) is 8.85. The average Bonchev–Trinajstić information content (AvgIpc) is 3.47. The number of nitrogens with zero attached hydrogens (tertiary/aromatic N) is 6. The van der Waals surface area contributed by atoms with Crippen LogP contribution in [0.3, 0.4) is 0 Å². The molecular formula is C25H23N7O. The van der Waals surface area contributed by atoms with Crippen LogP contribution in [0.25, 0.3) is 17.1 Å². The Hall–Kier alpha value is -4.38. The zero-order valence-corrected chi connectivity index (χ0v) is 18.6. The molecule has 1 atom stereocenters. The van der Waals surface area contributed by atoms with Crippen molar-refractivity contribution in [3.8, 4) is 29.0 Å². The fourth-order valence-corrected chi connectivity index (χ4v) is 4.07. The summed E-state index contributed by atoms with van der Waals surface area (Å²) in [5.74, 6) is 0.179. The highest BCUT2D eigenvalue weighted by Crippen LogP contribution is 2.47. The van der Waals surface area contributed by atoms with Gasteiger partial charge in [-0.15, -0.1) is 0 Å². The molecule has 0 fully saturated rings. The lowest BCUT2D eigenvalue weighted by Gasteiger charge is -2.28. The van der Waals surface area contributed by atoms with Gasteiger partial charge in [0.1, 0.15) is 17.3 Å². The molecule has 0 saturated carbocycles. The summed E-state index contributed by atoms with van der Waals surface area (Å²) in [5.41, 5.74) is 10.3. The van der Waals surface area contributed by atoms with Gasteiger partial charge in [0.05, 0.1) is 29.0 Å². The predicted molar refractivity (Wildman–Crippen MR) is 123 cm³/mol. The van der Waals surface area contributed by atoms with E-state index in [2.05, 4.69) is 16.0 Å². The summed E-state index contributed by atoms with van der Waals surface area (Å²) in [6, 6.07) is 15.9. The molecule has 3 aromatic heterocycles. The number of allylic oxidation sites excluding steroid dienone is 1. The van der Waals surface area contributed by atoms with Gasteiger partial charge in [-0.25, -0.2) is 9.67 Å². The third-order valence-corrected chi connectivity index (χ3v) is 5.62. The van der Waals surface area contributed by atoms with Crippen LogP contribution in [-0.2, 0) is 5.54 Å². The van der Waals surface area contributed by atoms with Gasteiger partial charge in [0.25, 0.3) is 0 Å². The summed E-state index contributed by atoms with van der Waals surface area (Å²) in [6.07, 6.45) is 7.08. The maximum atomic E-state index is 10.0. The van der Waals surface area contributed by atoms with E-state index >= 15 is 0 Å². The molecule has 8 nitrogen and oxygen atoms in total. The molecule has 0 radical (unpaired) electrons. The van der Waals surface area contributed by atoms with Crippen LogP contribution in [0.15, 0.2) is 78.8 Å². The number of imidazole rings is 1. The van der Waals surface area contributed by atoms with Gasteiger partial charge in [-0.2, -0.15) is 10.4 Å². The normalized spacial score (nSPS) is 15.6. The zero-order valence-electron chi connectivity index (χ0n) is 18.6. The second kappa shape index (κ2) is 7.64. The van der Waals surface area contributed by atoms with E-state index in [9.17, 15) is 5.26 Å². The average molecular weight is 438 g/mol. The number of rotatable bonds is 3. The first-order valence-electron chi connectivity index (χ1n) is 10.6. The van der Waals surface area contributed by atoms with Crippen LogP contribution in [0.1, 0.15) is 37.8 Å². The van der Waals surface area contributed by atoms with Crippen molar-refractivity contribution in [1.82, 2.24) is 24.3 Å². The van der Waals surface area contributed by atoms with E-state index in [4.69, 9.17) is 15.6 Å². The van der Waals surface area contributed by atoms with Crippen LogP contribution < -0.4 is 10.5 Å². The number of pyridine rings is 1. The highest BCUT2D eigenvalue weighted by molar-refractivity contribution is 5.69. The SMILES string of the molecule is CC(C)(C)n1nc(-c2ccccn2)c2c1OC(N)=C(C#N)C2c1ccc(-n2ccnc2)cc1. The number of hydrogen-bond donors (Lipinski definition) is 1. The van der Waals surface area contributed by atoms with Crippen molar-refractivity contribution in [3.05, 3.63) is 90.0 Å². The summed E-state index contributed by atoms with van der Waals surface area (Å²) in [5, 5.41) is 14.9. The lowest BCUT2D eigenvalue weighted by atomic mass is 9.83. The third-order valence-electron chi connectivity index (χ3n) is 5.62. The standard InChI is InChI=1S/C25H23N7O/c1-25(2,3)32-24-21(22(30-32)19-6-4-5-11-29-19)20(18(14-26)23(27)33-24)16-7-9-17(10-8-16)31-13-12-28-15-31/h4-13,15,20H,27H2,1-3H3. The minimum atomic E-state index is -0.441. The molecule has 0 bridgehead atoms. The van der Waals surface area contributed by atoms with Crippen molar-refractivity contribution in [2.75, 3.05) is 0 Å². The fraction of sp³-hybridized carbons (Fsp3) is 0.200. The van der Waals surface area contributed by atoms with E-state index in [1.807, 2.05) is 78.7 Å². The van der Waals surface area contributed by atoms with Crippen LogP contribution in [0.4, 0.5) is 0 Å². The largest absolute Gasteiger partial charge is 0.422 e. The lowest BCUT2D eigenvalue weighted by molar-refractivity contribution is 0.278. The molecule has 1 unspecified atom stereocenters. The Kier molecular flexibility index (Phi) is 4.75. The molecule has 33 heavy (non-hydrogen) atoms. The number of fused-ring (bicyclic) bond motifs is 1. The van der Waals surface area contributed by atoms with Crippen LogP contribution in [0, 0.1) is 11.3 Å². The molecule has 4 aromatic rings. The third kappa shape index (κ3) is 3.44. The van der Waals surface area contributed by atoms with Crippen molar-refractivity contribution in [3.63, 3.8) is 0 Å². The maximum absolute atomic E-state index is 10.0. The molecule has 164 valence electrons. The van der Waals surface area contributed by atoms with Gasteiger partial charge < -0.3 is 15.0 Å². The van der Waals surface area contributed by atoms with E-state index in [0.29, 0.717) is 22.8 Å². The first-order valence-corrected chi connectivity index (χ1v) is 10.6. The molecule has 0 amide bonds. The van der Waals surface area contributed by atoms with Gasteiger partial charge in [0.2, 0.25) is 11.8 Å². The molecule has 1 aromatic carbocycles. The number of benzene rings is 1. The Labute approximate surface area is 191 Å². The number of ether oxygens (including phenoxy) is 1. The molecule has 4 heterocycles. The maximum Gasteiger partial charge on any atom is 0.225 e. The summed E-state index contributed by atoms with van der Waals surface area (Å²) in [7, 11) is 0. The lowest BCUT2D eigenvalue weighted by Crippen LogP contribution is -2.27. The van der Waals surface area contributed by atoms with Crippen LogP contribution >= 0.6 is 0 Å². The Morgan fingerprint density at radius 3 is 2.48 bits per heavy atom. The van der Waals surface area contributed by atoms with Gasteiger partial charge in [0, 0.05) is 24.3 Å². The van der Waals surface area contributed by atoms with E-state index < -0.39 is 5.92 Å². The van der Waals surface area contributed by atoms with Crippen LogP contribution in [0.2, 0.25) is 0 Å². The summed E-state index contributed by atoms with van der Waals surface area (Å²) >= 11 is 0. The Morgan fingerprint density at radius 2 is 1.88 bits per heavy atom.